The molecule has 1 atom stereocenters. The third-order valence-corrected chi connectivity index (χ3v) is 4.18. The summed E-state index contributed by atoms with van der Waals surface area (Å²) in [5.41, 5.74) is 2.91. The van der Waals surface area contributed by atoms with Gasteiger partial charge in [0.1, 0.15) is 11.6 Å². The molecule has 0 radical (unpaired) electrons. The Bertz CT molecular complexity index is 791. The quantitative estimate of drug-likeness (QED) is 0.868. The van der Waals surface area contributed by atoms with Crippen molar-refractivity contribution in [2.75, 3.05) is 20.8 Å². The molecule has 0 amide bonds. The summed E-state index contributed by atoms with van der Waals surface area (Å²) in [5, 5.41) is 19.1. The summed E-state index contributed by atoms with van der Waals surface area (Å²) >= 11 is 0. The lowest BCUT2D eigenvalue weighted by molar-refractivity contribution is 0.292. The van der Waals surface area contributed by atoms with Crippen LogP contribution in [0.1, 0.15) is 17.0 Å². The monoisotopic (exact) mass is 324 g/mol. The van der Waals surface area contributed by atoms with Gasteiger partial charge in [-0.05, 0) is 30.1 Å². The molecule has 1 saturated heterocycles. The molecule has 1 aromatic heterocycles. The Morgan fingerprint density at radius 2 is 2.17 bits per heavy atom. The number of rotatable bonds is 4. The fourth-order valence-corrected chi connectivity index (χ4v) is 2.95. The zero-order chi connectivity index (χ0) is 17.1. The molecule has 3 rings (SSSR count). The van der Waals surface area contributed by atoms with Crippen LogP contribution < -0.4 is 9.47 Å². The molecule has 7 heteroatoms. The molecule has 0 bridgehead atoms. The molecule has 6 nitrogen and oxygen atoms in total. The average Bonchev–Trinajstić information content (AvgIpc) is 3.06. The third kappa shape index (κ3) is 2.94. The van der Waals surface area contributed by atoms with Crippen LogP contribution in [-0.2, 0) is 4.65 Å². The summed E-state index contributed by atoms with van der Waals surface area (Å²) in [6.45, 7) is 0.462. The van der Waals surface area contributed by atoms with E-state index in [0.29, 0.717) is 30.0 Å². The smallest absolute Gasteiger partial charge is 0.454 e. The van der Waals surface area contributed by atoms with Crippen molar-refractivity contribution in [2.24, 2.45) is 0 Å². The summed E-state index contributed by atoms with van der Waals surface area (Å²) in [6, 6.07) is 7.75. The normalized spacial score (nSPS) is 16.8. The molecular formula is C17H17BN2O4. The van der Waals surface area contributed by atoms with E-state index >= 15 is 0 Å². The molecule has 24 heavy (non-hydrogen) atoms. The molecule has 1 fully saturated rings. The van der Waals surface area contributed by atoms with Crippen LogP contribution in [0.25, 0.3) is 11.1 Å². The minimum atomic E-state index is -0.727. The van der Waals surface area contributed by atoms with E-state index in [0.717, 1.165) is 16.7 Å². The molecule has 122 valence electrons. The second-order valence-electron chi connectivity index (χ2n) is 5.56. The van der Waals surface area contributed by atoms with Crippen LogP contribution in [-0.4, -0.2) is 38.0 Å². The second-order valence-corrected chi connectivity index (χ2v) is 5.56. The number of methoxy groups -OCH3 is 2. The maximum Gasteiger partial charge on any atom is 0.454 e. The standard InChI is InChI=1S/C17H17BN2O4/c1-22-16-4-3-14(15(7-19)17(16)23-2)12-5-11(8-20-9-12)13-6-18(21)24-10-13/h3-5,8-9,13,21H,6,10H2,1-2H3/t13-/m0/s1. The van der Waals surface area contributed by atoms with Crippen LogP contribution >= 0.6 is 0 Å². The SMILES string of the molecule is COc1ccc(-c2cncc([C@@H]3COB(O)C3)c2)c(C#N)c1OC. The Kier molecular flexibility index (Phi) is 4.70. The highest BCUT2D eigenvalue weighted by Gasteiger charge is 2.30. The fourth-order valence-electron chi connectivity index (χ4n) is 2.95. The van der Waals surface area contributed by atoms with Crippen molar-refractivity contribution < 1.29 is 19.2 Å². The number of pyridine rings is 1. The predicted molar refractivity (Wildman–Crippen MR) is 89.0 cm³/mol. The van der Waals surface area contributed by atoms with Crippen LogP contribution in [0.15, 0.2) is 30.6 Å². The van der Waals surface area contributed by atoms with Gasteiger partial charge in [0.25, 0.3) is 0 Å². The number of ether oxygens (including phenoxy) is 2. The fraction of sp³-hybridized carbons (Fsp3) is 0.294. The average molecular weight is 324 g/mol. The zero-order valence-corrected chi connectivity index (χ0v) is 13.5. The summed E-state index contributed by atoms with van der Waals surface area (Å²) in [6.07, 6.45) is 4.02. The molecule has 1 N–H and O–H groups in total. The lowest BCUT2D eigenvalue weighted by Crippen LogP contribution is -2.07. The molecule has 1 aromatic carbocycles. The maximum absolute atomic E-state index is 9.57. The van der Waals surface area contributed by atoms with Gasteiger partial charge >= 0.3 is 7.12 Å². The Morgan fingerprint density at radius 3 is 2.79 bits per heavy atom. The highest BCUT2D eigenvalue weighted by molar-refractivity contribution is 6.43. The Labute approximate surface area is 140 Å². The van der Waals surface area contributed by atoms with Gasteiger partial charge in [-0.1, -0.05) is 0 Å². The number of hydrogen-bond donors (Lipinski definition) is 1. The first-order valence-corrected chi connectivity index (χ1v) is 7.58. The zero-order valence-electron chi connectivity index (χ0n) is 13.5. The van der Waals surface area contributed by atoms with Gasteiger partial charge in [-0.3, -0.25) is 4.98 Å². The molecule has 0 spiro atoms. The van der Waals surface area contributed by atoms with Gasteiger partial charge in [-0.2, -0.15) is 5.26 Å². The maximum atomic E-state index is 9.57. The Hall–Kier alpha value is -2.56. The van der Waals surface area contributed by atoms with Gasteiger partial charge in [0.15, 0.2) is 11.5 Å². The van der Waals surface area contributed by atoms with Crippen LogP contribution in [0.2, 0.25) is 6.32 Å². The molecule has 0 unspecified atom stereocenters. The van der Waals surface area contributed by atoms with Crippen molar-refractivity contribution in [3.8, 4) is 28.7 Å². The highest BCUT2D eigenvalue weighted by Crippen LogP contribution is 2.38. The van der Waals surface area contributed by atoms with E-state index in [4.69, 9.17) is 14.1 Å². The Balaban J connectivity index is 2.05. The number of nitriles is 1. The lowest BCUT2D eigenvalue weighted by Gasteiger charge is -2.14. The number of benzene rings is 1. The van der Waals surface area contributed by atoms with E-state index in [9.17, 15) is 10.3 Å². The first-order valence-electron chi connectivity index (χ1n) is 7.58. The third-order valence-electron chi connectivity index (χ3n) is 4.18. The molecule has 1 aliphatic heterocycles. The van der Waals surface area contributed by atoms with Crippen molar-refractivity contribution >= 4 is 7.12 Å². The summed E-state index contributed by atoms with van der Waals surface area (Å²) < 4.78 is 15.8. The summed E-state index contributed by atoms with van der Waals surface area (Å²) in [7, 11) is 2.31. The topological polar surface area (TPSA) is 84.6 Å². The van der Waals surface area contributed by atoms with Crippen molar-refractivity contribution in [3.05, 3.63) is 41.7 Å². The van der Waals surface area contributed by atoms with Gasteiger partial charge in [0.05, 0.1) is 14.2 Å². The Morgan fingerprint density at radius 1 is 1.33 bits per heavy atom. The van der Waals surface area contributed by atoms with Crippen LogP contribution in [0.3, 0.4) is 0 Å². The molecule has 2 heterocycles. The van der Waals surface area contributed by atoms with Crippen molar-refractivity contribution in [1.82, 2.24) is 4.98 Å². The van der Waals surface area contributed by atoms with Crippen LogP contribution in [0.5, 0.6) is 11.5 Å². The van der Waals surface area contributed by atoms with Crippen LogP contribution in [0, 0.1) is 11.3 Å². The van der Waals surface area contributed by atoms with Gasteiger partial charge in [-0.15, -0.1) is 0 Å². The highest BCUT2D eigenvalue weighted by atomic mass is 16.5. The molecular weight excluding hydrogens is 307 g/mol. The van der Waals surface area contributed by atoms with Crippen molar-refractivity contribution in [2.45, 2.75) is 12.2 Å². The largest absolute Gasteiger partial charge is 0.493 e. The number of hydrogen-bond acceptors (Lipinski definition) is 6. The minimum absolute atomic E-state index is 0.0955. The van der Waals surface area contributed by atoms with Crippen molar-refractivity contribution in [1.29, 1.82) is 5.26 Å². The van der Waals surface area contributed by atoms with E-state index in [1.807, 2.05) is 12.1 Å². The lowest BCUT2D eigenvalue weighted by atomic mass is 9.79. The van der Waals surface area contributed by atoms with E-state index in [-0.39, 0.29) is 5.92 Å². The molecule has 0 saturated carbocycles. The predicted octanol–water partition coefficient (Wildman–Crippen LogP) is 2.23. The molecule has 0 aliphatic carbocycles. The number of aromatic nitrogens is 1. The number of nitrogens with zero attached hydrogens (tertiary/aromatic N) is 2. The van der Waals surface area contributed by atoms with E-state index in [1.165, 1.54) is 14.2 Å². The summed E-state index contributed by atoms with van der Waals surface area (Å²) in [4.78, 5) is 4.29. The second kappa shape index (κ2) is 6.91. The molecule has 2 aromatic rings. The summed E-state index contributed by atoms with van der Waals surface area (Å²) in [5.74, 6) is 1.01. The molecule has 1 aliphatic rings. The van der Waals surface area contributed by atoms with Gasteiger partial charge < -0.3 is 19.2 Å². The van der Waals surface area contributed by atoms with E-state index in [1.54, 1.807) is 18.5 Å². The van der Waals surface area contributed by atoms with E-state index in [2.05, 4.69) is 11.1 Å². The van der Waals surface area contributed by atoms with Gasteiger partial charge in [0, 0.05) is 36.0 Å². The van der Waals surface area contributed by atoms with Gasteiger partial charge in [-0.25, -0.2) is 0 Å². The first-order chi connectivity index (χ1) is 11.7. The van der Waals surface area contributed by atoms with Crippen LogP contribution in [0.4, 0.5) is 0 Å². The van der Waals surface area contributed by atoms with Gasteiger partial charge in [0.2, 0.25) is 0 Å². The minimum Gasteiger partial charge on any atom is -0.493 e. The van der Waals surface area contributed by atoms with Crippen molar-refractivity contribution in [3.63, 3.8) is 0 Å². The van der Waals surface area contributed by atoms with E-state index < -0.39 is 7.12 Å². The first kappa shape index (κ1) is 16.3.